The zero-order chi connectivity index (χ0) is 14.0. The highest BCUT2D eigenvalue weighted by atomic mass is 79.9. The average molecular weight is 326 g/mol. The molecule has 1 N–H and O–H groups in total. The van der Waals surface area contributed by atoms with Gasteiger partial charge in [-0.25, -0.2) is 8.78 Å². The summed E-state index contributed by atoms with van der Waals surface area (Å²) in [7, 11) is 0. The second kappa shape index (κ2) is 5.48. The Morgan fingerprint density at radius 1 is 1.11 bits per heavy atom. The van der Waals surface area contributed by atoms with Gasteiger partial charge in [0.2, 0.25) is 0 Å². The second-order valence-corrected chi connectivity index (χ2v) is 4.87. The van der Waals surface area contributed by atoms with E-state index in [0.717, 1.165) is 0 Å². The second-order valence-electron chi connectivity index (χ2n) is 4.01. The molecule has 0 spiro atoms. The summed E-state index contributed by atoms with van der Waals surface area (Å²) in [6.45, 7) is 1.65. The summed E-state index contributed by atoms with van der Waals surface area (Å²) < 4.78 is 26.9. The smallest absolute Gasteiger partial charge is 0.258 e. The van der Waals surface area contributed by atoms with Gasteiger partial charge in [-0.15, -0.1) is 0 Å². The van der Waals surface area contributed by atoms with E-state index < -0.39 is 17.5 Å². The van der Waals surface area contributed by atoms with Crippen LogP contribution in [0.2, 0.25) is 0 Å². The molecule has 0 aliphatic carbocycles. The predicted octanol–water partition coefficient (Wildman–Crippen LogP) is 4.29. The highest BCUT2D eigenvalue weighted by Gasteiger charge is 2.17. The van der Waals surface area contributed by atoms with Crippen LogP contribution in [0.5, 0.6) is 0 Å². The molecule has 2 rings (SSSR count). The first-order valence-electron chi connectivity index (χ1n) is 5.50. The van der Waals surface area contributed by atoms with E-state index in [1.165, 1.54) is 24.3 Å². The Hall–Kier alpha value is -1.75. The van der Waals surface area contributed by atoms with Crippen molar-refractivity contribution < 1.29 is 13.6 Å². The fourth-order valence-electron chi connectivity index (χ4n) is 1.65. The van der Waals surface area contributed by atoms with E-state index in [1.807, 2.05) is 0 Å². The van der Waals surface area contributed by atoms with Gasteiger partial charge in [-0.3, -0.25) is 4.79 Å². The van der Waals surface area contributed by atoms with Crippen LogP contribution in [0.15, 0.2) is 40.9 Å². The van der Waals surface area contributed by atoms with Gasteiger partial charge in [-0.2, -0.15) is 0 Å². The summed E-state index contributed by atoms with van der Waals surface area (Å²) in [4.78, 5) is 12.0. The molecule has 0 radical (unpaired) electrons. The molecule has 0 aliphatic rings. The zero-order valence-corrected chi connectivity index (χ0v) is 11.6. The van der Waals surface area contributed by atoms with Crippen LogP contribution in [0, 0.1) is 18.6 Å². The van der Waals surface area contributed by atoms with Gasteiger partial charge < -0.3 is 5.32 Å². The maximum absolute atomic E-state index is 13.9. The molecular formula is C14H10BrF2NO. The molecule has 2 nitrogen and oxygen atoms in total. The maximum atomic E-state index is 13.9. The van der Waals surface area contributed by atoms with Gasteiger partial charge in [0.05, 0.1) is 10.0 Å². The number of amides is 1. The van der Waals surface area contributed by atoms with E-state index in [0.29, 0.717) is 11.3 Å². The number of benzene rings is 2. The molecule has 0 saturated carbocycles. The number of rotatable bonds is 2. The third-order valence-electron chi connectivity index (χ3n) is 2.63. The monoisotopic (exact) mass is 325 g/mol. The van der Waals surface area contributed by atoms with Crippen molar-refractivity contribution in [2.45, 2.75) is 6.92 Å². The summed E-state index contributed by atoms with van der Waals surface area (Å²) in [6, 6.07) is 8.46. The van der Waals surface area contributed by atoms with E-state index in [-0.39, 0.29) is 10.0 Å². The number of aryl methyl sites for hydroxylation is 1. The largest absolute Gasteiger partial charge is 0.322 e. The van der Waals surface area contributed by atoms with Gasteiger partial charge in [-0.05, 0) is 58.7 Å². The lowest BCUT2D eigenvalue weighted by Gasteiger charge is -2.09. The molecule has 19 heavy (non-hydrogen) atoms. The summed E-state index contributed by atoms with van der Waals surface area (Å²) >= 11 is 3.04. The molecule has 0 atom stereocenters. The molecule has 0 heterocycles. The van der Waals surface area contributed by atoms with Crippen molar-refractivity contribution in [1.29, 1.82) is 0 Å². The molecule has 0 fully saturated rings. The highest BCUT2D eigenvalue weighted by Crippen LogP contribution is 2.23. The van der Waals surface area contributed by atoms with Gasteiger partial charge in [0, 0.05) is 5.69 Å². The summed E-state index contributed by atoms with van der Waals surface area (Å²) in [6.07, 6.45) is 0. The molecule has 0 aliphatic heterocycles. The number of carbonyl (C=O) groups excluding carboxylic acids is 1. The van der Waals surface area contributed by atoms with Gasteiger partial charge in [-0.1, -0.05) is 6.07 Å². The van der Waals surface area contributed by atoms with Crippen molar-refractivity contribution in [3.63, 3.8) is 0 Å². The lowest BCUT2D eigenvalue weighted by atomic mass is 10.1. The predicted molar refractivity (Wildman–Crippen MR) is 73.2 cm³/mol. The molecular weight excluding hydrogens is 316 g/mol. The summed E-state index contributed by atoms with van der Waals surface area (Å²) in [5, 5.41) is 2.53. The Morgan fingerprint density at radius 3 is 2.37 bits per heavy atom. The summed E-state index contributed by atoms with van der Waals surface area (Å²) in [5.41, 5.74) is 0.907. The SMILES string of the molecule is Cc1ccc(Br)c(F)c1C(=O)Nc1ccc(F)cc1. The van der Waals surface area contributed by atoms with Crippen molar-refractivity contribution in [3.05, 3.63) is 63.6 Å². The quantitative estimate of drug-likeness (QED) is 0.876. The van der Waals surface area contributed by atoms with Crippen LogP contribution in [0.1, 0.15) is 15.9 Å². The molecule has 0 bridgehead atoms. The fourth-order valence-corrected chi connectivity index (χ4v) is 1.98. The topological polar surface area (TPSA) is 29.1 Å². The third-order valence-corrected chi connectivity index (χ3v) is 3.24. The standard InChI is InChI=1S/C14H10BrF2NO/c1-8-2-7-11(15)13(17)12(8)14(19)18-10-5-3-9(16)4-6-10/h2-7H,1H3,(H,18,19). The van der Waals surface area contributed by atoms with Crippen molar-refractivity contribution in [2.24, 2.45) is 0 Å². The number of hydrogen-bond acceptors (Lipinski definition) is 1. The van der Waals surface area contributed by atoms with Crippen LogP contribution in [-0.2, 0) is 0 Å². The Kier molecular flexibility index (Phi) is 3.95. The fraction of sp³-hybridized carbons (Fsp3) is 0.0714. The van der Waals surface area contributed by atoms with E-state index >= 15 is 0 Å². The first-order valence-corrected chi connectivity index (χ1v) is 6.30. The number of hydrogen-bond donors (Lipinski definition) is 1. The third kappa shape index (κ3) is 2.98. The number of anilines is 1. The Balaban J connectivity index is 2.30. The highest BCUT2D eigenvalue weighted by molar-refractivity contribution is 9.10. The zero-order valence-electron chi connectivity index (χ0n) is 10.0. The number of halogens is 3. The molecule has 0 saturated heterocycles. The minimum Gasteiger partial charge on any atom is -0.322 e. The molecule has 98 valence electrons. The molecule has 0 unspecified atom stereocenters. The van der Waals surface area contributed by atoms with Gasteiger partial charge >= 0.3 is 0 Å². The Morgan fingerprint density at radius 2 is 1.74 bits per heavy atom. The van der Waals surface area contributed by atoms with E-state index in [9.17, 15) is 13.6 Å². The van der Waals surface area contributed by atoms with Crippen molar-refractivity contribution in [1.82, 2.24) is 0 Å². The molecule has 1 amide bonds. The van der Waals surface area contributed by atoms with Crippen LogP contribution in [0.25, 0.3) is 0 Å². The van der Waals surface area contributed by atoms with Crippen LogP contribution >= 0.6 is 15.9 Å². The van der Waals surface area contributed by atoms with Gasteiger partial charge in [0.25, 0.3) is 5.91 Å². The van der Waals surface area contributed by atoms with E-state index in [1.54, 1.807) is 19.1 Å². The number of carbonyl (C=O) groups is 1. The van der Waals surface area contributed by atoms with Crippen molar-refractivity contribution >= 4 is 27.5 Å². The molecule has 2 aromatic carbocycles. The van der Waals surface area contributed by atoms with E-state index in [4.69, 9.17) is 0 Å². The minimum absolute atomic E-state index is 0.0290. The molecule has 2 aromatic rings. The van der Waals surface area contributed by atoms with Crippen molar-refractivity contribution in [3.8, 4) is 0 Å². The van der Waals surface area contributed by atoms with Crippen LogP contribution in [0.4, 0.5) is 14.5 Å². The minimum atomic E-state index is -0.611. The summed E-state index contributed by atoms with van der Waals surface area (Å²) in [5.74, 6) is -1.58. The normalized spacial score (nSPS) is 10.3. The maximum Gasteiger partial charge on any atom is 0.258 e. The Labute approximate surface area is 117 Å². The van der Waals surface area contributed by atoms with Crippen LogP contribution in [-0.4, -0.2) is 5.91 Å². The molecule has 0 aromatic heterocycles. The van der Waals surface area contributed by atoms with Gasteiger partial charge in [0.15, 0.2) is 0 Å². The lowest BCUT2D eigenvalue weighted by molar-refractivity contribution is 0.102. The molecule has 5 heteroatoms. The van der Waals surface area contributed by atoms with Gasteiger partial charge in [0.1, 0.15) is 11.6 Å². The first kappa shape index (κ1) is 13.7. The first-order chi connectivity index (χ1) is 8.99. The lowest BCUT2D eigenvalue weighted by Crippen LogP contribution is -2.15. The van der Waals surface area contributed by atoms with Crippen LogP contribution in [0.3, 0.4) is 0 Å². The van der Waals surface area contributed by atoms with Crippen molar-refractivity contribution in [2.75, 3.05) is 5.32 Å². The Bertz CT molecular complexity index is 626. The average Bonchev–Trinajstić information content (AvgIpc) is 2.37. The number of nitrogens with one attached hydrogen (secondary N) is 1. The van der Waals surface area contributed by atoms with E-state index in [2.05, 4.69) is 21.2 Å². The van der Waals surface area contributed by atoms with Crippen LogP contribution < -0.4 is 5.32 Å².